The molecule has 0 spiro atoms. The molecule has 0 unspecified atom stereocenters. The lowest BCUT2D eigenvalue weighted by Crippen LogP contribution is -2.51. The second-order valence-electron chi connectivity index (χ2n) is 9.58. The fourth-order valence-electron chi connectivity index (χ4n) is 4.38. The summed E-state index contributed by atoms with van der Waals surface area (Å²) < 4.78 is 18.5. The van der Waals surface area contributed by atoms with Crippen molar-refractivity contribution in [1.29, 1.82) is 0 Å². The maximum absolute atomic E-state index is 13.9. The van der Waals surface area contributed by atoms with E-state index in [0.29, 0.717) is 40.7 Å². The third-order valence-electron chi connectivity index (χ3n) is 6.60. The number of hydrogen-bond donors (Lipinski definition) is 1. The summed E-state index contributed by atoms with van der Waals surface area (Å²) in [6, 6.07) is 3.26. The lowest BCUT2D eigenvalue weighted by molar-refractivity contribution is -0.0403. The van der Waals surface area contributed by atoms with Crippen LogP contribution in [0.25, 0.3) is 22.2 Å². The van der Waals surface area contributed by atoms with Gasteiger partial charge in [-0.1, -0.05) is 35.9 Å². The van der Waals surface area contributed by atoms with Crippen molar-refractivity contribution in [2.45, 2.75) is 12.6 Å². The van der Waals surface area contributed by atoms with Crippen LogP contribution in [0.15, 0.2) is 47.6 Å². The Balaban J connectivity index is 1.60. The number of ether oxygens (including phenoxy) is 3. The highest BCUT2D eigenvalue weighted by atomic mass is 35.5. The van der Waals surface area contributed by atoms with E-state index in [9.17, 15) is 4.79 Å². The van der Waals surface area contributed by atoms with E-state index in [2.05, 4.69) is 37.7 Å². The van der Waals surface area contributed by atoms with Gasteiger partial charge in [0.25, 0.3) is 5.56 Å². The van der Waals surface area contributed by atoms with Crippen LogP contribution >= 0.6 is 23.2 Å². The minimum Gasteiger partial charge on any atom is -0.495 e. The molecular weight excluding hydrogens is 555 g/mol. The van der Waals surface area contributed by atoms with E-state index < -0.39 is 0 Å². The average Bonchev–Trinajstić information content (AvgIpc) is 2.91. The molecule has 10 nitrogen and oxygen atoms in total. The normalized spacial score (nSPS) is 13.8. The number of benzene rings is 1. The Kier molecular flexibility index (Phi) is 9.57. The van der Waals surface area contributed by atoms with Gasteiger partial charge < -0.3 is 29.3 Å². The minimum absolute atomic E-state index is 0.0400. The van der Waals surface area contributed by atoms with Crippen molar-refractivity contribution in [1.82, 2.24) is 24.3 Å². The van der Waals surface area contributed by atoms with Crippen molar-refractivity contribution in [2.75, 3.05) is 66.9 Å². The summed E-state index contributed by atoms with van der Waals surface area (Å²) in [5, 5.41) is 3.97. The molecule has 1 aromatic carbocycles. The molecule has 12 heteroatoms. The Morgan fingerprint density at radius 1 is 1.20 bits per heavy atom. The van der Waals surface area contributed by atoms with Crippen LogP contribution < -0.4 is 20.3 Å². The zero-order chi connectivity index (χ0) is 29.0. The van der Waals surface area contributed by atoms with E-state index in [1.54, 1.807) is 29.9 Å². The number of aromatic nitrogens is 3. The molecule has 2 aromatic heterocycles. The van der Waals surface area contributed by atoms with E-state index in [1.165, 1.54) is 14.2 Å². The zero-order valence-electron chi connectivity index (χ0n) is 23.3. The number of allylic oxidation sites excluding steroid dienone is 1. The van der Waals surface area contributed by atoms with E-state index in [0.717, 1.165) is 25.3 Å². The van der Waals surface area contributed by atoms with E-state index in [-0.39, 0.29) is 33.8 Å². The number of likely N-dealkylation sites (tertiary alicyclic amines) is 1. The summed E-state index contributed by atoms with van der Waals surface area (Å²) in [6.07, 6.45) is 5.79. The highest BCUT2D eigenvalue weighted by molar-refractivity contribution is 6.41. The summed E-state index contributed by atoms with van der Waals surface area (Å²) in [7, 11) is 8.73. The van der Waals surface area contributed by atoms with Gasteiger partial charge in [-0.3, -0.25) is 9.36 Å². The third-order valence-corrected chi connectivity index (χ3v) is 7.35. The van der Waals surface area contributed by atoms with Gasteiger partial charge in [0, 0.05) is 55.6 Å². The summed E-state index contributed by atoms with van der Waals surface area (Å²) in [5.41, 5.74) is 1.68. The maximum Gasteiger partial charge on any atom is 0.260 e. The molecule has 0 atom stereocenters. The van der Waals surface area contributed by atoms with E-state index in [4.69, 9.17) is 37.4 Å². The van der Waals surface area contributed by atoms with Gasteiger partial charge in [0.05, 0.1) is 49.1 Å². The van der Waals surface area contributed by atoms with Crippen molar-refractivity contribution < 1.29 is 14.2 Å². The number of hydrogen-bond acceptors (Lipinski definition) is 9. The quantitative estimate of drug-likeness (QED) is 0.313. The third kappa shape index (κ3) is 6.20. The van der Waals surface area contributed by atoms with E-state index >= 15 is 0 Å². The highest BCUT2D eigenvalue weighted by Crippen LogP contribution is 2.45. The number of anilines is 1. The summed E-state index contributed by atoms with van der Waals surface area (Å²) in [6.45, 7) is 7.04. The number of pyridine rings is 1. The standard InChI is InChI=1S/C28H34Cl2N6O4/c1-17(8-7-9-34(3)4)35-15-19(16-35)40-11-10-36-26-18(14-32-28(31-2)33-26)12-20(27(36)37)23-24(29)21(38-5)13-22(39-6)25(23)30/h7-8,12-14,19H,1,9-11,15-16H2,2-6H3,(H,31,32,33)/b8-7+. The van der Waals surface area contributed by atoms with Crippen LogP contribution in [0.4, 0.5) is 5.95 Å². The predicted octanol–water partition coefficient (Wildman–Crippen LogP) is 4.16. The van der Waals surface area contributed by atoms with Crippen LogP contribution in [0.3, 0.4) is 0 Å². The predicted molar refractivity (Wildman–Crippen MR) is 160 cm³/mol. The molecule has 3 aromatic rings. The van der Waals surface area contributed by atoms with Gasteiger partial charge in [-0.2, -0.15) is 4.98 Å². The monoisotopic (exact) mass is 588 g/mol. The Labute approximate surface area is 243 Å². The van der Waals surface area contributed by atoms with Crippen LogP contribution in [-0.4, -0.2) is 92.0 Å². The Hall–Kier alpha value is -3.31. The molecule has 0 aliphatic carbocycles. The molecule has 1 N–H and O–H groups in total. The maximum atomic E-state index is 13.9. The largest absolute Gasteiger partial charge is 0.495 e. The minimum atomic E-state index is -0.328. The molecular formula is C28H34Cl2N6O4. The van der Waals surface area contributed by atoms with Gasteiger partial charge in [0.15, 0.2) is 0 Å². The molecule has 3 heterocycles. The molecule has 0 radical (unpaired) electrons. The van der Waals surface area contributed by atoms with Crippen molar-refractivity contribution in [3.05, 3.63) is 63.2 Å². The summed E-state index contributed by atoms with van der Waals surface area (Å²) in [4.78, 5) is 27.0. The van der Waals surface area contributed by atoms with Crippen molar-refractivity contribution in [3.8, 4) is 22.6 Å². The van der Waals surface area contributed by atoms with Crippen LogP contribution in [0.1, 0.15) is 0 Å². The smallest absolute Gasteiger partial charge is 0.260 e. The second kappa shape index (κ2) is 12.9. The number of fused-ring (bicyclic) bond motifs is 1. The van der Waals surface area contributed by atoms with Crippen molar-refractivity contribution in [3.63, 3.8) is 0 Å². The Morgan fingerprint density at radius 3 is 2.48 bits per heavy atom. The van der Waals surface area contributed by atoms with Gasteiger partial charge in [-0.05, 0) is 26.2 Å². The first-order valence-electron chi connectivity index (χ1n) is 12.7. The molecule has 1 fully saturated rings. The lowest BCUT2D eigenvalue weighted by Gasteiger charge is -2.41. The first-order chi connectivity index (χ1) is 19.2. The highest BCUT2D eigenvalue weighted by Gasteiger charge is 2.28. The van der Waals surface area contributed by atoms with Gasteiger partial charge in [-0.25, -0.2) is 4.98 Å². The summed E-state index contributed by atoms with van der Waals surface area (Å²) >= 11 is 13.3. The number of rotatable bonds is 12. The molecule has 1 aliphatic heterocycles. The molecule has 0 amide bonds. The SMILES string of the molecule is C=C(/C=C/CN(C)C)N1CC(OCCn2c(=O)c(-c3c(Cl)c(OC)cc(OC)c3Cl)cc3cnc(NC)nc32)C1. The van der Waals surface area contributed by atoms with Crippen molar-refractivity contribution in [2.24, 2.45) is 0 Å². The lowest BCUT2D eigenvalue weighted by atomic mass is 10.0. The van der Waals surface area contributed by atoms with Gasteiger partial charge in [-0.15, -0.1) is 0 Å². The number of methoxy groups -OCH3 is 2. The Bertz CT molecular complexity index is 1460. The number of likely N-dealkylation sites (N-methyl/N-ethyl adjacent to an activating group) is 1. The second-order valence-corrected chi connectivity index (χ2v) is 10.3. The van der Waals surface area contributed by atoms with E-state index in [1.807, 2.05) is 20.2 Å². The number of nitrogens with one attached hydrogen (secondary N) is 1. The van der Waals surface area contributed by atoms with Gasteiger partial charge >= 0.3 is 0 Å². The van der Waals surface area contributed by atoms with Crippen molar-refractivity contribution >= 4 is 40.2 Å². The van der Waals surface area contributed by atoms with Crippen LogP contribution in [0, 0.1) is 0 Å². The number of halogens is 2. The topological polar surface area (TPSA) is 94.0 Å². The Morgan fingerprint density at radius 2 is 1.88 bits per heavy atom. The molecule has 214 valence electrons. The average molecular weight is 590 g/mol. The van der Waals surface area contributed by atoms with Crippen LogP contribution in [-0.2, 0) is 11.3 Å². The molecule has 4 rings (SSSR count). The number of nitrogens with zero attached hydrogens (tertiary/aromatic N) is 5. The van der Waals surface area contributed by atoms with Gasteiger partial charge in [0.1, 0.15) is 17.1 Å². The summed E-state index contributed by atoms with van der Waals surface area (Å²) in [5.74, 6) is 1.06. The fourth-order valence-corrected chi connectivity index (χ4v) is 5.09. The molecule has 0 bridgehead atoms. The molecule has 0 saturated carbocycles. The van der Waals surface area contributed by atoms with Crippen LogP contribution in [0.5, 0.6) is 11.5 Å². The van der Waals surface area contributed by atoms with Crippen LogP contribution in [0.2, 0.25) is 10.0 Å². The molecule has 1 aliphatic rings. The first-order valence-corrected chi connectivity index (χ1v) is 13.5. The first kappa shape index (κ1) is 29.7. The fraction of sp³-hybridized carbons (Fsp3) is 0.393. The molecule has 1 saturated heterocycles. The zero-order valence-corrected chi connectivity index (χ0v) is 24.8. The van der Waals surface area contributed by atoms with Gasteiger partial charge in [0.2, 0.25) is 5.95 Å². The molecule has 40 heavy (non-hydrogen) atoms.